The summed E-state index contributed by atoms with van der Waals surface area (Å²) in [6.07, 6.45) is 6.90. The van der Waals surface area contributed by atoms with Crippen LogP contribution in [0.25, 0.3) is 11.0 Å². The summed E-state index contributed by atoms with van der Waals surface area (Å²) in [6, 6.07) is 10.7. The number of hydrogen-bond acceptors (Lipinski definition) is 3. The third-order valence-electron chi connectivity index (χ3n) is 5.23. The smallest absolute Gasteiger partial charge is 0.150 e. The Balaban J connectivity index is 1.84. The normalized spacial score (nSPS) is 21.2. The van der Waals surface area contributed by atoms with E-state index in [1.807, 2.05) is 12.1 Å². The molecule has 1 aliphatic rings. The van der Waals surface area contributed by atoms with Crippen LogP contribution in [-0.4, -0.2) is 15.8 Å². The number of aromatic nitrogens is 2. The molecule has 1 aromatic carbocycles. The summed E-state index contributed by atoms with van der Waals surface area (Å²) in [5.74, 6) is 1.80. The van der Waals surface area contributed by atoms with Gasteiger partial charge in [-0.3, -0.25) is 4.79 Å². The van der Waals surface area contributed by atoms with Gasteiger partial charge in [0.1, 0.15) is 12.1 Å². The zero-order valence-electron chi connectivity index (χ0n) is 13.9. The van der Waals surface area contributed by atoms with Crippen LogP contribution in [0.5, 0.6) is 0 Å². The van der Waals surface area contributed by atoms with Crippen LogP contribution in [0.1, 0.15) is 59.7 Å². The minimum atomic E-state index is 0.515. The van der Waals surface area contributed by atoms with Crippen LogP contribution >= 0.6 is 11.3 Å². The summed E-state index contributed by atoms with van der Waals surface area (Å²) in [4.78, 5) is 17.4. The Morgan fingerprint density at radius 2 is 2.17 bits per heavy atom. The van der Waals surface area contributed by atoms with E-state index in [2.05, 4.69) is 35.1 Å². The fraction of sp³-hybridized carbons (Fsp3) is 0.400. The first kappa shape index (κ1) is 15.6. The molecular weight excluding hydrogens is 316 g/mol. The summed E-state index contributed by atoms with van der Waals surface area (Å²) in [7, 11) is 0. The maximum absolute atomic E-state index is 11.1. The fourth-order valence-electron chi connectivity index (χ4n) is 3.98. The highest BCUT2D eigenvalue weighted by Gasteiger charge is 2.27. The van der Waals surface area contributed by atoms with Crippen LogP contribution in [0.15, 0.2) is 35.7 Å². The molecule has 1 saturated carbocycles. The van der Waals surface area contributed by atoms with Gasteiger partial charge in [0.05, 0.1) is 11.0 Å². The predicted octanol–water partition coefficient (Wildman–Crippen LogP) is 5.25. The first-order valence-corrected chi connectivity index (χ1v) is 9.62. The number of aldehydes is 1. The molecule has 0 bridgehead atoms. The number of hydrogen-bond donors (Lipinski definition) is 0. The molecule has 2 aromatic heterocycles. The SMILES string of the molecule is C[C@@H]1CCCC[C@H]1n1c(Cc2cccs2)nc2cc(C=O)ccc21. The minimum Gasteiger partial charge on any atom is -0.324 e. The Morgan fingerprint density at radius 3 is 2.92 bits per heavy atom. The van der Waals surface area contributed by atoms with E-state index in [1.54, 1.807) is 11.3 Å². The largest absolute Gasteiger partial charge is 0.324 e. The van der Waals surface area contributed by atoms with E-state index in [1.165, 1.54) is 36.1 Å². The Morgan fingerprint density at radius 1 is 1.29 bits per heavy atom. The quantitative estimate of drug-likeness (QED) is 0.609. The Bertz CT molecular complexity index is 850. The lowest BCUT2D eigenvalue weighted by Crippen LogP contribution is -2.22. The van der Waals surface area contributed by atoms with Gasteiger partial charge in [0.15, 0.2) is 0 Å². The maximum Gasteiger partial charge on any atom is 0.150 e. The molecule has 124 valence electrons. The van der Waals surface area contributed by atoms with Gasteiger partial charge < -0.3 is 4.57 Å². The molecule has 3 nitrogen and oxygen atoms in total. The van der Waals surface area contributed by atoms with E-state index in [0.29, 0.717) is 17.5 Å². The number of fused-ring (bicyclic) bond motifs is 1. The second kappa shape index (κ2) is 6.52. The van der Waals surface area contributed by atoms with Crippen molar-refractivity contribution in [2.75, 3.05) is 0 Å². The average molecular weight is 338 g/mol. The molecule has 1 aliphatic carbocycles. The molecule has 0 aliphatic heterocycles. The number of rotatable bonds is 4. The van der Waals surface area contributed by atoms with Crippen molar-refractivity contribution < 1.29 is 4.79 Å². The van der Waals surface area contributed by atoms with Crippen LogP contribution < -0.4 is 0 Å². The number of nitrogens with zero attached hydrogens (tertiary/aromatic N) is 2. The molecule has 4 heteroatoms. The lowest BCUT2D eigenvalue weighted by atomic mass is 9.85. The molecule has 0 N–H and O–H groups in total. The lowest BCUT2D eigenvalue weighted by Gasteiger charge is -2.31. The molecule has 2 atom stereocenters. The van der Waals surface area contributed by atoms with Crippen molar-refractivity contribution in [3.8, 4) is 0 Å². The van der Waals surface area contributed by atoms with E-state index in [4.69, 9.17) is 4.98 Å². The summed E-state index contributed by atoms with van der Waals surface area (Å²) in [5.41, 5.74) is 2.82. The average Bonchev–Trinajstić information content (AvgIpc) is 3.22. The number of thiophene rings is 1. The van der Waals surface area contributed by atoms with Gasteiger partial charge in [-0.05, 0) is 48.4 Å². The molecule has 24 heavy (non-hydrogen) atoms. The van der Waals surface area contributed by atoms with Crippen molar-refractivity contribution >= 4 is 28.7 Å². The third-order valence-corrected chi connectivity index (χ3v) is 6.11. The first-order valence-electron chi connectivity index (χ1n) is 8.74. The van der Waals surface area contributed by atoms with Crippen molar-refractivity contribution in [2.45, 2.75) is 45.1 Å². The van der Waals surface area contributed by atoms with Gasteiger partial charge in [-0.15, -0.1) is 11.3 Å². The Kier molecular flexibility index (Phi) is 4.23. The number of benzene rings is 1. The van der Waals surface area contributed by atoms with Crippen molar-refractivity contribution in [3.63, 3.8) is 0 Å². The summed E-state index contributed by atoms with van der Waals surface area (Å²) in [6.45, 7) is 2.37. The summed E-state index contributed by atoms with van der Waals surface area (Å²) in [5, 5.41) is 2.12. The van der Waals surface area contributed by atoms with Crippen LogP contribution in [-0.2, 0) is 6.42 Å². The summed E-state index contributed by atoms with van der Waals surface area (Å²) >= 11 is 1.78. The highest BCUT2D eigenvalue weighted by atomic mass is 32.1. The van der Waals surface area contributed by atoms with Gasteiger partial charge in [-0.1, -0.05) is 25.8 Å². The molecule has 2 heterocycles. The monoisotopic (exact) mass is 338 g/mol. The molecule has 0 saturated heterocycles. The number of imidazole rings is 1. The van der Waals surface area contributed by atoms with Gasteiger partial charge in [-0.2, -0.15) is 0 Å². The van der Waals surface area contributed by atoms with Crippen LogP contribution in [0, 0.1) is 5.92 Å². The first-order chi connectivity index (χ1) is 11.8. The molecule has 0 spiro atoms. The third kappa shape index (κ3) is 2.80. The van der Waals surface area contributed by atoms with Gasteiger partial charge in [0.25, 0.3) is 0 Å². The topological polar surface area (TPSA) is 34.9 Å². The Hall–Kier alpha value is -1.94. The minimum absolute atomic E-state index is 0.515. The van der Waals surface area contributed by atoms with Gasteiger partial charge in [-0.25, -0.2) is 4.98 Å². The van der Waals surface area contributed by atoms with Gasteiger partial charge >= 0.3 is 0 Å². The molecule has 0 amide bonds. The van der Waals surface area contributed by atoms with Crippen LogP contribution in [0.2, 0.25) is 0 Å². The lowest BCUT2D eigenvalue weighted by molar-refractivity contribution is 0.112. The second-order valence-electron chi connectivity index (χ2n) is 6.85. The predicted molar refractivity (Wildman–Crippen MR) is 98.9 cm³/mol. The number of carbonyl (C=O) groups excluding carboxylic acids is 1. The van der Waals surface area contributed by atoms with Gasteiger partial charge in [0, 0.05) is 22.9 Å². The molecule has 3 aromatic rings. The van der Waals surface area contributed by atoms with E-state index in [9.17, 15) is 4.79 Å². The molecule has 1 fully saturated rings. The van der Waals surface area contributed by atoms with Crippen molar-refractivity contribution in [2.24, 2.45) is 5.92 Å². The van der Waals surface area contributed by atoms with Gasteiger partial charge in [0.2, 0.25) is 0 Å². The fourth-order valence-corrected chi connectivity index (χ4v) is 4.68. The van der Waals surface area contributed by atoms with Crippen LogP contribution in [0.4, 0.5) is 0 Å². The zero-order chi connectivity index (χ0) is 16.5. The van der Waals surface area contributed by atoms with Crippen LogP contribution in [0.3, 0.4) is 0 Å². The van der Waals surface area contributed by atoms with E-state index >= 15 is 0 Å². The molecule has 0 unspecified atom stereocenters. The highest BCUT2D eigenvalue weighted by Crippen LogP contribution is 2.37. The van der Waals surface area contributed by atoms with E-state index < -0.39 is 0 Å². The highest BCUT2D eigenvalue weighted by molar-refractivity contribution is 7.09. The van der Waals surface area contributed by atoms with E-state index in [0.717, 1.165) is 24.0 Å². The summed E-state index contributed by atoms with van der Waals surface area (Å²) < 4.78 is 2.47. The standard InChI is InChI=1S/C20H22N2OS/c1-14-5-2-3-7-18(14)22-19-9-8-15(13-23)11-17(19)21-20(22)12-16-6-4-10-24-16/h4,6,8-11,13-14,18H,2-3,5,7,12H2,1H3/t14-,18-/m1/s1. The van der Waals surface area contributed by atoms with E-state index in [-0.39, 0.29) is 0 Å². The maximum atomic E-state index is 11.1. The van der Waals surface area contributed by atoms with Crippen molar-refractivity contribution in [3.05, 3.63) is 52.0 Å². The van der Waals surface area contributed by atoms with Crippen molar-refractivity contribution in [1.29, 1.82) is 0 Å². The number of carbonyl (C=O) groups is 1. The Labute approximate surface area is 146 Å². The second-order valence-corrected chi connectivity index (χ2v) is 7.88. The molecule has 0 radical (unpaired) electrons. The molecule has 4 rings (SSSR count). The molecular formula is C20H22N2OS. The van der Waals surface area contributed by atoms with Crippen molar-refractivity contribution in [1.82, 2.24) is 9.55 Å². The zero-order valence-corrected chi connectivity index (χ0v) is 14.8.